The van der Waals surface area contributed by atoms with Crippen molar-refractivity contribution in [3.8, 4) is 17.2 Å². The van der Waals surface area contributed by atoms with Crippen LogP contribution < -0.4 is 15.0 Å². The van der Waals surface area contributed by atoms with Crippen molar-refractivity contribution >= 4 is 59.7 Å². The first kappa shape index (κ1) is 41.7. The van der Waals surface area contributed by atoms with Crippen molar-refractivity contribution in [2.45, 2.75) is 72.0 Å². The van der Waals surface area contributed by atoms with E-state index in [1.165, 1.54) is 27.4 Å². The van der Waals surface area contributed by atoms with E-state index in [0.29, 0.717) is 5.56 Å². The van der Waals surface area contributed by atoms with Gasteiger partial charge in [0.25, 0.3) is 0 Å². The number of aromatic nitrogens is 1. The van der Waals surface area contributed by atoms with Crippen molar-refractivity contribution in [2.24, 2.45) is 0 Å². The number of hydrogen-bond donors (Lipinski definition) is 0. The highest BCUT2D eigenvalue weighted by Gasteiger charge is 2.19. The Morgan fingerprint density at radius 3 is 1.27 bits per heavy atom. The van der Waals surface area contributed by atoms with Gasteiger partial charge in [-0.1, -0.05) is 126 Å². The van der Waals surface area contributed by atoms with E-state index in [2.05, 4.69) is 223 Å². The molecule has 0 amide bonds. The minimum atomic E-state index is -1.45. The molecule has 301 valence electrons. The number of nitriles is 1. The van der Waals surface area contributed by atoms with Crippen molar-refractivity contribution in [3.63, 3.8) is 0 Å². The van der Waals surface area contributed by atoms with Crippen LogP contribution in [-0.2, 0) is 10.8 Å². The van der Waals surface area contributed by atoms with Crippen molar-refractivity contribution in [3.05, 3.63) is 192 Å². The third-order valence-corrected chi connectivity index (χ3v) is 13.1. The lowest BCUT2D eigenvalue weighted by atomic mass is 9.86. The Morgan fingerprint density at radius 2 is 0.850 bits per heavy atom. The first-order valence-corrected chi connectivity index (χ1v) is 24.3. The van der Waals surface area contributed by atoms with E-state index in [1.807, 2.05) is 30.5 Å². The molecular weight excluding hydrogens is 745 g/mol. The molecule has 0 saturated carbocycles. The van der Waals surface area contributed by atoms with Gasteiger partial charge in [-0.25, -0.2) is 4.98 Å². The van der Waals surface area contributed by atoms with Crippen LogP contribution in [0.3, 0.4) is 0 Å². The van der Waals surface area contributed by atoms with Crippen LogP contribution in [0.15, 0.2) is 164 Å². The summed E-state index contributed by atoms with van der Waals surface area (Å²) in [5.41, 5.74) is 13.3. The van der Waals surface area contributed by atoms with Gasteiger partial charge in [0.1, 0.15) is 5.82 Å². The highest BCUT2D eigenvalue weighted by Crippen LogP contribution is 2.38. The zero-order chi connectivity index (χ0) is 42.7. The first-order chi connectivity index (χ1) is 28.6. The molecule has 0 N–H and O–H groups in total. The van der Waals surface area contributed by atoms with Crippen LogP contribution in [0.5, 0.6) is 0 Å². The van der Waals surface area contributed by atoms with Crippen LogP contribution in [0, 0.1) is 11.3 Å². The summed E-state index contributed by atoms with van der Waals surface area (Å²) in [5, 5.41) is 10.8. The summed E-state index contributed by atoms with van der Waals surface area (Å²) in [6.07, 6.45) is 6.15. The fourth-order valence-electron chi connectivity index (χ4n) is 7.29. The van der Waals surface area contributed by atoms with Crippen molar-refractivity contribution in [1.82, 2.24) is 4.98 Å². The molecule has 4 nitrogen and oxygen atoms in total. The Kier molecular flexibility index (Phi) is 11.8. The van der Waals surface area contributed by atoms with Gasteiger partial charge in [0.05, 0.1) is 11.6 Å². The van der Waals surface area contributed by atoms with E-state index in [-0.39, 0.29) is 10.8 Å². The van der Waals surface area contributed by atoms with Gasteiger partial charge in [-0.05, 0) is 129 Å². The zero-order valence-electron chi connectivity index (χ0n) is 36.5. The normalized spacial score (nSPS) is 12.0. The van der Waals surface area contributed by atoms with Crippen LogP contribution in [0.2, 0.25) is 19.6 Å². The van der Waals surface area contributed by atoms with Crippen LogP contribution in [0.1, 0.15) is 69.4 Å². The highest BCUT2D eigenvalue weighted by molar-refractivity contribution is 6.88. The van der Waals surface area contributed by atoms with E-state index in [0.717, 1.165) is 45.4 Å². The molecule has 0 atom stereocenters. The lowest BCUT2D eigenvalue weighted by Crippen LogP contribution is -2.37. The Balaban J connectivity index is 1.09. The zero-order valence-corrected chi connectivity index (χ0v) is 37.5. The molecule has 6 aromatic carbocycles. The number of anilines is 6. The predicted molar refractivity (Wildman–Crippen MR) is 260 cm³/mol. The maximum absolute atomic E-state index is 9.39. The molecule has 0 fully saturated rings. The summed E-state index contributed by atoms with van der Waals surface area (Å²) in [7, 11) is -1.45. The monoisotopic (exact) mass is 800 g/mol. The smallest absolute Gasteiger partial charge is 0.137 e. The predicted octanol–water partition coefficient (Wildman–Crippen LogP) is 14.9. The summed E-state index contributed by atoms with van der Waals surface area (Å²) in [6.45, 7) is 20.6. The maximum Gasteiger partial charge on any atom is 0.137 e. The third-order valence-electron chi connectivity index (χ3n) is 11.1. The fourth-order valence-corrected chi connectivity index (χ4v) is 8.45. The highest BCUT2D eigenvalue weighted by atomic mass is 28.3. The summed E-state index contributed by atoms with van der Waals surface area (Å²) in [4.78, 5) is 9.39. The van der Waals surface area contributed by atoms with Gasteiger partial charge < -0.3 is 4.90 Å². The van der Waals surface area contributed by atoms with Gasteiger partial charge in [0.2, 0.25) is 0 Å². The molecule has 60 heavy (non-hydrogen) atoms. The third kappa shape index (κ3) is 9.68. The molecular formula is C55H56N4Si-. The van der Waals surface area contributed by atoms with Crippen molar-refractivity contribution in [1.29, 1.82) is 5.26 Å². The molecule has 0 unspecified atom stereocenters. The van der Waals surface area contributed by atoms with Crippen molar-refractivity contribution in [2.75, 3.05) is 9.80 Å². The molecule has 0 saturated heterocycles. The molecule has 0 aliphatic heterocycles. The fraction of sp³-hybridized carbons (Fsp3) is 0.200. The van der Waals surface area contributed by atoms with E-state index in [1.54, 1.807) is 0 Å². The van der Waals surface area contributed by atoms with Gasteiger partial charge in [-0.2, -0.15) is 30.1 Å². The molecule has 0 bridgehead atoms. The molecule has 1 aromatic heterocycles. The summed E-state index contributed by atoms with van der Waals surface area (Å²) >= 11 is 0. The maximum atomic E-state index is 9.39. The van der Waals surface area contributed by atoms with Gasteiger partial charge in [0.15, 0.2) is 0 Å². The summed E-state index contributed by atoms with van der Waals surface area (Å²) < 4.78 is 0. The van der Waals surface area contributed by atoms with Gasteiger partial charge >= 0.3 is 0 Å². The molecule has 5 heteroatoms. The van der Waals surface area contributed by atoms with Crippen LogP contribution in [0.4, 0.5) is 34.3 Å². The van der Waals surface area contributed by atoms with E-state index in [9.17, 15) is 5.26 Å². The van der Waals surface area contributed by atoms with Crippen LogP contribution in [0.25, 0.3) is 23.3 Å². The molecule has 0 aliphatic rings. The number of rotatable bonds is 10. The molecule has 7 rings (SSSR count). The lowest BCUT2D eigenvalue weighted by Gasteiger charge is -2.30. The molecule has 1 heterocycles. The van der Waals surface area contributed by atoms with Gasteiger partial charge in [0, 0.05) is 34.6 Å². The largest absolute Gasteiger partial charge is 0.311 e. The van der Waals surface area contributed by atoms with Crippen molar-refractivity contribution < 1.29 is 0 Å². The van der Waals surface area contributed by atoms with E-state index < -0.39 is 8.07 Å². The Bertz CT molecular complexity index is 2520. The number of nitrogens with zero attached hydrogens (tertiary/aromatic N) is 4. The Labute approximate surface area is 359 Å². The number of benzene rings is 6. The second kappa shape index (κ2) is 17.0. The topological polar surface area (TPSA) is 43.2 Å². The average Bonchev–Trinajstić information content (AvgIpc) is 3.24. The standard InChI is InChI=1S/C55H56N4Si/c1-54(2,3)45-21-29-48(30-22-45)58(49-31-23-46(24-32-49)55(4,5)6)47-27-19-44(20-28-47)43-17-12-40(13-18-43)10-11-42-16-37-53(57-39-42)59(50-25-14-41(38-56)15-26-50)51-33-35-52(36-34-51)60(7,8)9/h10-37,39H,1-9H3/q-1/b11-10+. The second-order valence-electron chi connectivity index (χ2n) is 18.7. The first-order valence-electron chi connectivity index (χ1n) is 20.8. The Hall–Kier alpha value is -6.48. The molecule has 0 radical (unpaired) electrons. The Morgan fingerprint density at radius 1 is 0.467 bits per heavy atom. The number of pyridine rings is 1. The number of hydrogen-bond acceptors (Lipinski definition) is 4. The van der Waals surface area contributed by atoms with Gasteiger partial charge in [-0.15, -0.1) is 8.07 Å². The molecule has 0 spiro atoms. The van der Waals surface area contributed by atoms with Crippen LogP contribution in [-0.4, -0.2) is 13.1 Å². The van der Waals surface area contributed by atoms with Crippen LogP contribution >= 0.6 is 0 Å². The van der Waals surface area contributed by atoms with E-state index >= 15 is 0 Å². The molecule has 0 aliphatic carbocycles. The second-order valence-corrected chi connectivity index (χ2v) is 23.7. The molecule has 7 aromatic rings. The minimum Gasteiger partial charge on any atom is -0.311 e. The minimum absolute atomic E-state index is 0.0891. The summed E-state index contributed by atoms with van der Waals surface area (Å²) in [6, 6.07) is 58.4. The average molecular weight is 801 g/mol. The van der Waals surface area contributed by atoms with E-state index in [4.69, 9.17) is 4.98 Å². The summed E-state index contributed by atoms with van der Waals surface area (Å²) in [5.74, 6) is 0.813. The SMILES string of the molecule is CC(C)(C)c1ccc(N(c2ccc(-c3ccc(/C=C/c4ccc(N(c5ccc(C#N)cc5)c5ccc([Si-](C)(C)C)cc5)nc4)cc3)cc2)c2ccc(C(C)(C)C)cc2)cc1. The quantitative estimate of drug-likeness (QED) is 0.129. The lowest BCUT2D eigenvalue weighted by molar-refractivity contribution is 0.590. The van der Waals surface area contributed by atoms with Gasteiger partial charge in [-0.3, -0.25) is 4.90 Å².